The van der Waals surface area contributed by atoms with Crippen LogP contribution in [0.5, 0.6) is 5.75 Å². The number of aryl methyl sites for hydroxylation is 1. The van der Waals surface area contributed by atoms with Gasteiger partial charge in [0.25, 0.3) is 5.56 Å². The summed E-state index contributed by atoms with van der Waals surface area (Å²) in [7, 11) is 2.75. The average molecular weight is 651 g/mol. The molecule has 0 fully saturated rings. The Labute approximate surface area is 263 Å². The maximum atomic E-state index is 13.8. The standard InChI is InChI=1S/C32H25F3N4O4S2/c1-17-12-25(32(33,34)35)38-28(22(17)15-36)44-16-21-13-19(10-11-23(21)42-3)14-24-29(40)39-27(20-8-6-5-7-9-20)26(30(41)43-4)18(2)37-31(39)45-24/h5-14,27H,16H2,1-4H3/t27-/m0/s1. The summed E-state index contributed by atoms with van der Waals surface area (Å²) < 4.78 is 52.6. The Balaban J connectivity index is 1.56. The molecule has 45 heavy (non-hydrogen) atoms. The number of methoxy groups -OCH3 is 2. The Morgan fingerprint density at radius 3 is 2.53 bits per heavy atom. The summed E-state index contributed by atoms with van der Waals surface area (Å²) >= 11 is 2.16. The molecule has 1 atom stereocenters. The van der Waals surface area contributed by atoms with Crippen molar-refractivity contribution in [2.75, 3.05) is 14.2 Å². The highest BCUT2D eigenvalue weighted by Gasteiger charge is 2.34. The van der Waals surface area contributed by atoms with Gasteiger partial charge in [-0.15, -0.1) is 11.8 Å². The fourth-order valence-electron chi connectivity index (χ4n) is 4.97. The number of thioether (sulfide) groups is 1. The first kappa shape index (κ1) is 31.7. The highest BCUT2D eigenvalue weighted by Crippen LogP contribution is 2.35. The molecule has 0 N–H and O–H groups in total. The highest BCUT2D eigenvalue weighted by molar-refractivity contribution is 7.98. The molecule has 0 saturated carbocycles. The molecule has 0 radical (unpaired) electrons. The lowest BCUT2D eigenvalue weighted by atomic mass is 9.96. The number of hydrogen-bond acceptors (Lipinski definition) is 9. The lowest BCUT2D eigenvalue weighted by Gasteiger charge is -2.24. The number of thiazole rings is 1. The Hall–Kier alpha value is -4.67. The number of esters is 1. The number of aromatic nitrogens is 2. The molecular weight excluding hydrogens is 626 g/mol. The molecule has 13 heteroatoms. The van der Waals surface area contributed by atoms with Crippen LogP contribution >= 0.6 is 23.1 Å². The molecule has 0 spiro atoms. The van der Waals surface area contributed by atoms with Crippen LogP contribution < -0.4 is 19.6 Å². The van der Waals surface area contributed by atoms with Crippen molar-refractivity contribution in [3.63, 3.8) is 0 Å². The van der Waals surface area contributed by atoms with E-state index in [4.69, 9.17) is 9.47 Å². The van der Waals surface area contributed by atoms with Gasteiger partial charge in [-0.1, -0.05) is 47.7 Å². The van der Waals surface area contributed by atoms with Gasteiger partial charge in [0, 0.05) is 11.3 Å². The van der Waals surface area contributed by atoms with Gasteiger partial charge in [0.05, 0.1) is 41.6 Å². The number of ether oxygens (including phenoxy) is 2. The molecule has 2 aromatic heterocycles. The van der Waals surface area contributed by atoms with Crippen LogP contribution in [0.2, 0.25) is 0 Å². The van der Waals surface area contributed by atoms with Crippen LogP contribution in [0.1, 0.15) is 46.5 Å². The number of benzene rings is 2. The number of hydrogen-bond donors (Lipinski definition) is 0. The van der Waals surface area contributed by atoms with Crippen LogP contribution in [0.3, 0.4) is 0 Å². The van der Waals surface area contributed by atoms with Crippen LogP contribution in [0.25, 0.3) is 6.08 Å². The Bertz CT molecular complexity index is 2060. The normalized spacial score (nSPS) is 14.9. The van der Waals surface area contributed by atoms with Gasteiger partial charge in [-0.05, 0) is 54.8 Å². The van der Waals surface area contributed by atoms with Gasteiger partial charge in [-0.2, -0.15) is 18.4 Å². The van der Waals surface area contributed by atoms with Crippen LogP contribution in [0, 0.1) is 18.3 Å². The topological polar surface area (TPSA) is 107 Å². The molecule has 1 aliphatic rings. The number of nitrogens with zero attached hydrogens (tertiary/aromatic N) is 4. The quantitative estimate of drug-likeness (QED) is 0.197. The number of alkyl halides is 3. The summed E-state index contributed by atoms with van der Waals surface area (Å²) in [6, 6.07) is 16.4. The summed E-state index contributed by atoms with van der Waals surface area (Å²) in [4.78, 5) is 35.4. The fourth-order valence-corrected chi connectivity index (χ4v) is 7.05. The second-order valence-corrected chi connectivity index (χ2v) is 11.9. The summed E-state index contributed by atoms with van der Waals surface area (Å²) in [5, 5.41) is 9.54. The maximum Gasteiger partial charge on any atom is 0.433 e. The highest BCUT2D eigenvalue weighted by atomic mass is 32.2. The van der Waals surface area contributed by atoms with E-state index in [2.05, 4.69) is 9.98 Å². The second-order valence-electron chi connectivity index (χ2n) is 9.96. The number of pyridine rings is 1. The smallest absolute Gasteiger partial charge is 0.433 e. The van der Waals surface area contributed by atoms with Crippen molar-refractivity contribution in [2.45, 2.75) is 36.8 Å². The molecule has 0 aliphatic carbocycles. The van der Waals surface area contributed by atoms with E-state index in [9.17, 15) is 28.0 Å². The minimum absolute atomic E-state index is 0.0386. The van der Waals surface area contributed by atoms with Gasteiger partial charge in [0.15, 0.2) is 4.80 Å². The van der Waals surface area contributed by atoms with Crippen molar-refractivity contribution >= 4 is 35.1 Å². The predicted octanol–water partition coefficient (Wildman–Crippen LogP) is 5.30. The summed E-state index contributed by atoms with van der Waals surface area (Å²) in [6.45, 7) is 3.14. The van der Waals surface area contributed by atoms with Crippen molar-refractivity contribution < 1.29 is 27.4 Å². The zero-order valence-electron chi connectivity index (χ0n) is 24.4. The maximum absolute atomic E-state index is 13.8. The van der Waals surface area contributed by atoms with Crippen molar-refractivity contribution in [3.05, 3.63) is 119 Å². The van der Waals surface area contributed by atoms with E-state index in [-0.39, 0.29) is 33.0 Å². The van der Waals surface area contributed by atoms with Gasteiger partial charge in [-0.25, -0.2) is 14.8 Å². The number of allylic oxidation sites excluding steroid dienone is 1. The fraction of sp³-hybridized carbons (Fsp3) is 0.219. The van der Waals surface area contributed by atoms with E-state index in [0.29, 0.717) is 31.9 Å². The zero-order chi connectivity index (χ0) is 32.5. The molecule has 3 heterocycles. The van der Waals surface area contributed by atoms with Crippen LogP contribution in [0.15, 0.2) is 80.7 Å². The van der Waals surface area contributed by atoms with Crippen LogP contribution in [-0.2, 0) is 21.5 Å². The molecule has 0 amide bonds. The number of rotatable bonds is 7. The van der Waals surface area contributed by atoms with Crippen molar-refractivity contribution in [1.29, 1.82) is 5.26 Å². The molecule has 0 unspecified atom stereocenters. The summed E-state index contributed by atoms with van der Waals surface area (Å²) in [6.07, 6.45) is -2.98. The average Bonchev–Trinajstić information content (AvgIpc) is 3.32. The zero-order valence-corrected chi connectivity index (χ0v) is 26.1. The minimum Gasteiger partial charge on any atom is -0.496 e. The van der Waals surface area contributed by atoms with Crippen molar-refractivity contribution in [1.82, 2.24) is 9.55 Å². The first-order valence-electron chi connectivity index (χ1n) is 13.4. The lowest BCUT2D eigenvalue weighted by molar-refractivity contribution is -0.141. The summed E-state index contributed by atoms with van der Waals surface area (Å²) in [5.74, 6) is 0.0388. The van der Waals surface area contributed by atoms with Crippen molar-refractivity contribution in [2.24, 2.45) is 4.99 Å². The third kappa shape index (κ3) is 6.29. The van der Waals surface area contributed by atoms with Gasteiger partial charge in [0.1, 0.15) is 22.5 Å². The third-order valence-corrected chi connectivity index (χ3v) is 9.10. The number of carbonyl (C=O) groups is 1. The number of fused-ring (bicyclic) bond motifs is 1. The Kier molecular flexibility index (Phi) is 8.99. The molecule has 0 saturated heterocycles. The van der Waals surface area contributed by atoms with E-state index < -0.39 is 23.9 Å². The van der Waals surface area contributed by atoms with Crippen molar-refractivity contribution in [3.8, 4) is 11.8 Å². The Morgan fingerprint density at radius 2 is 1.89 bits per heavy atom. The van der Waals surface area contributed by atoms with Gasteiger partial charge >= 0.3 is 12.1 Å². The molecule has 230 valence electrons. The molecule has 2 aromatic carbocycles. The second kappa shape index (κ2) is 12.7. The van der Waals surface area contributed by atoms with E-state index in [1.165, 1.54) is 37.0 Å². The number of halogens is 3. The van der Waals surface area contributed by atoms with E-state index in [0.717, 1.165) is 23.4 Å². The van der Waals surface area contributed by atoms with E-state index in [1.807, 2.05) is 36.4 Å². The molecule has 0 bridgehead atoms. The predicted molar refractivity (Wildman–Crippen MR) is 163 cm³/mol. The largest absolute Gasteiger partial charge is 0.496 e. The number of nitriles is 1. The van der Waals surface area contributed by atoms with Crippen LogP contribution in [0.4, 0.5) is 13.2 Å². The van der Waals surface area contributed by atoms with Gasteiger partial charge in [0.2, 0.25) is 0 Å². The van der Waals surface area contributed by atoms with Gasteiger partial charge < -0.3 is 9.47 Å². The molecular formula is C32H25F3N4O4S2. The lowest BCUT2D eigenvalue weighted by Crippen LogP contribution is -2.39. The monoisotopic (exact) mass is 650 g/mol. The first-order chi connectivity index (χ1) is 21.5. The third-order valence-electron chi connectivity index (χ3n) is 7.09. The first-order valence-corrected chi connectivity index (χ1v) is 15.2. The molecule has 8 nitrogen and oxygen atoms in total. The van der Waals surface area contributed by atoms with E-state index >= 15 is 0 Å². The number of carbonyl (C=O) groups excluding carboxylic acids is 1. The SMILES string of the molecule is COC(=O)C1=C(C)N=c2sc(=Cc3ccc(OC)c(CSc4nc(C(F)(F)F)cc(C)c4C#N)c3)c(=O)n2[C@H]1c1ccccc1. The van der Waals surface area contributed by atoms with E-state index in [1.54, 1.807) is 31.2 Å². The van der Waals surface area contributed by atoms with Gasteiger partial charge in [-0.3, -0.25) is 9.36 Å². The molecule has 4 aromatic rings. The summed E-state index contributed by atoms with van der Waals surface area (Å²) in [5.41, 5.74) is 1.51. The minimum atomic E-state index is -4.66. The molecule has 5 rings (SSSR count). The molecule has 1 aliphatic heterocycles. The Morgan fingerprint density at radius 1 is 1.16 bits per heavy atom. The van der Waals surface area contributed by atoms with Crippen LogP contribution in [-0.4, -0.2) is 29.7 Å².